The Kier molecular flexibility index (Phi) is 8.54. The first-order valence-corrected chi connectivity index (χ1v) is 13.3. The lowest BCUT2D eigenvalue weighted by Crippen LogP contribution is -2.38. The van der Waals surface area contributed by atoms with Gasteiger partial charge in [-0.3, -0.25) is 9.78 Å². The molecule has 1 aromatic heterocycles. The normalized spacial score (nSPS) is 15.7. The van der Waals surface area contributed by atoms with E-state index in [1.165, 1.54) is 18.2 Å². The molecule has 0 aliphatic carbocycles. The summed E-state index contributed by atoms with van der Waals surface area (Å²) < 4.78 is 34.2. The van der Waals surface area contributed by atoms with E-state index in [2.05, 4.69) is 23.7 Å². The van der Waals surface area contributed by atoms with E-state index >= 15 is 4.39 Å². The highest BCUT2D eigenvalue weighted by atomic mass is 19.1. The minimum absolute atomic E-state index is 0.0755. The molecule has 1 saturated heterocycles. The number of anilines is 1. The second-order valence-corrected chi connectivity index (χ2v) is 11.1. The van der Waals surface area contributed by atoms with Crippen LogP contribution in [0.2, 0.25) is 0 Å². The van der Waals surface area contributed by atoms with Crippen LogP contribution in [0, 0.1) is 24.0 Å². The molecule has 208 valence electrons. The van der Waals surface area contributed by atoms with Crippen molar-refractivity contribution < 1.29 is 28.5 Å². The average molecular weight is 539 g/mol. The molecule has 1 aliphatic rings. The van der Waals surface area contributed by atoms with Crippen molar-refractivity contribution in [2.75, 3.05) is 24.6 Å². The standard InChI is InChI=1S/C31H36F2N2O4/c1-19-24(18-27(37)38)30(35-14-12-31(3,4)13-15-35)28(29(34-19)20(2)36)22-7-10-26(25(33)17-22)39-16-11-21-5-8-23(32)9-6-21/h5-10,17,20,36H,11-16,18H2,1-4H3,(H,37,38). The van der Waals surface area contributed by atoms with Crippen LogP contribution in [0.15, 0.2) is 42.5 Å². The fourth-order valence-corrected chi connectivity index (χ4v) is 5.09. The molecular weight excluding hydrogens is 502 g/mol. The van der Waals surface area contributed by atoms with Crippen LogP contribution < -0.4 is 9.64 Å². The lowest BCUT2D eigenvalue weighted by atomic mass is 9.82. The first-order chi connectivity index (χ1) is 18.4. The SMILES string of the molecule is Cc1nc(C(C)O)c(-c2ccc(OCCc3ccc(F)cc3)c(F)c2)c(N2CCC(C)(C)CC2)c1CC(=O)O. The maximum atomic E-state index is 15.3. The molecule has 0 radical (unpaired) electrons. The van der Waals surface area contributed by atoms with E-state index in [-0.39, 0.29) is 30.0 Å². The van der Waals surface area contributed by atoms with Gasteiger partial charge < -0.3 is 19.8 Å². The Bertz CT molecular complexity index is 1330. The summed E-state index contributed by atoms with van der Waals surface area (Å²) in [5, 5.41) is 20.4. The molecular formula is C31H36F2N2O4. The zero-order valence-electron chi connectivity index (χ0n) is 22.9. The Morgan fingerprint density at radius 3 is 2.38 bits per heavy atom. The molecule has 1 aliphatic heterocycles. The highest BCUT2D eigenvalue weighted by Gasteiger charge is 2.31. The van der Waals surface area contributed by atoms with Gasteiger partial charge >= 0.3 is 5.97 Å². The van der Waals surface area contributed by atoms with Crippen molar-refractivity contribution in [2.45, 2.75) is 59.5 Å². The second-order valence-electron chi connectivity index (χ2n) is 11.1. The molecule has 1 unspecified atom stereocenters. The fraction of sp³-hybridized carbons (Fsp3) is 0.419. The molecule has 0 saturated carbocycles. The molecule has 39 heavy (non-hydrogen) atoms. The predicted molar refractivity (Wildman–Crippen MR) is 147 cm³/mol. The number of piperidine rings is 1. The molecule has 0 spiro atoms. The first-order valence-electron chi connectivity index (χ1n) is 13.3. The number of benzene rings is 2. The monoisotopic (exact) mass is 538 g/mol. The van der Waals surface area contributed by atoms with Gasteiger partial charge in [0.15, 0.2) is 11.6 Å². The van der Waals surface area contributed by atoms with Crippen LogP contribution in [0.3, 0.4) is 0 Å². The zero-order valence-corrected chi connectivity index (χ0v) is 22.9. The van der Waals surface area contributed by atoms with Gasteiger partial charge in [-0.05, 0) is 67.5 Å². The summed E-state index contributed by atoms with van der Waals surface area (Å²) in [5.74, 6) is -1.80. The molecule has 4 rings (SSSR count). The number of ether oxygens (including phenoxy) is 1. The van der Waals surface area contributed by atoms with Crippen molar-refractivity contribution >= 4 is 11.7 Å². The van der Waals surface area contributed by atoms with Gasteiger partial charge in [-0.25, -0.2) is 8.78 Å². The highest BCUT2D eigenvalue weighted by molar-refractivity contribution is 5.87. The largest absolute Gasteiger partial charge is 0.490 e. The molecule has 1 fully saturated rings. The van der Waals surface area contributed by atoms with E-state index in [1.54, 1.807) is 38.1 Å². The maximum Gasteiger partial charge on any atom is 0.307 e. The Morgan fingerprint density at radius 2 is 1.79 bits per heavy atom. The Morgan fingerprint density at radius 1 is 1.13 bits per heavy atom. The third-order valence-electron chi connectivity index (χ3n) is 7.44. The number of aliphatic hydroxyl groups is 1. The van der Waals surface area contributed by atoms with Crippen molar-refractivity contribution in [1.82, 2.24) is 4.98 Å². The van der Waals surface area contributed by atoms with E-state index in [4.69, 9.17) is 4.74 Å². The van der Waals surface area contributed by atoms with Crippen LogP contribution in [-0.4, -0.2) is 40.9 Å². The van der Waals surface area contributed by atoms with Gasteiger partial charge in [0.2, 0.25) is 0 Å². The molecule has 0 bridgehead atoms. The third kappa shape index (κ3) is 6.74. The van der Waals surface area contributed by atoms with Crippen LogP contribution >= 0.6 is 0 Å². The van der Waals surface area contributed by atoms with Gasteiger partial charge in [0, 0.05) is 36.3 Å². The highest BCUT2D eigenvalue weighted by Crippen LogP contribution is 2.43. The van der Waals surface area contributed by atoms with E-state index in [1.807, 2.05) is 0 Å². The van der Waals surface area contributed by atoms with Gasteiger partial charge in [-0.15, -0.1) is 0 Å². The number of aliphatic hydroxyl groups excluding tert-OH is 1. The summed E-state index contributed by atoms with van der Waals surface area (Å²) in [6.45, 7) is 9.42. The Labute approximate surface area is 228 Å². The Hall–Kier alpha value is -3.52. The number of carboxylic acids is 1. The van der Waals surface area contributed by atoms with E-state index in [0.29, 0.717) is 53.3 Å². The van der Waals surface area contributed by atoms with Gasteiger partial charge in [-0.2, -0.15) is 0 Å². The number of rotatable bonds is 9. The molecule has 2 heterocycles. The molecule has 6 nitrogen and oxygen atoms in total. The van der Waals surface area contributed by atoms with Crippen molar-refractivity contribution in [1.29, 1.82) is 0 Å². The maximum absolute atomic E-state index is 15.3. The van der Waals surface area contributed by atoms with E-state index in [9.17, 15) is 19.4 Å². The molecule has 2 N–H and O–H groups in total. The quantitative estimate of drug-likeness (QED) is 0.335. The topological polar surface area (TPSA) is 82.9 Å². The Balaban J connectivity index is 1.72. The molecule has 8 heteroatoms. The molecule has 2 aromatic carbocycles. The number of hydrogen-bond donors (Lipinski definition) is 2. The number of halogens is 2. The van der Waals surface area contributed by atoms with Crippen LogP contribution in [0.1, 0.15) is 62.2 Å². The fourth-order valence-electron chi connectivity index (χ4n) is 5.09. The van der Waals surface area contributed by atoms with Crippen LogP contribution in [0.25, 0.3) is 11.1 Å². The molecule has 1 atom stereocenters. The van der Waals surface area contributed by atoms with Gasteiger partial charge in [0.25, 0.3) is 0 Å². The van der Waals surface area contributed by atoms with Crippen molar-refractivity contribution in [3.63, 3.8) is 0 Å². The van der Waals surface area contributed by atoms with Crippen LogP contribution in [0.4, 0.5) is 14.5 Å². The lowest BCUT2D eigenvalue weighted by molar-refractivity contribution is -0.136. The zero-order chi connectivity index (χ0) is 28.3. The van der Waals surface area contributed by atoms with Gasteiger partial charge in [0.05, 0.1) is 30.5 Å². The van der Waals surface area contributed by atoms with E-state index < -0.39 is 17.9 Å². The summed E-state index contributed by atoms with van der Waals surface area (Å²) >= 11 is 0. The number of carbonyl (C=O) groups is 1. The number of hydrogen-bond acceptors (Lipinski definition) is 5. The minimum atomic E-state index is -0.981. The number of aryl methyl sites for hydroxylation is 1. The predicted octanol–water partition coefficient (Wildman–Crippen LogP) is 6.26. The molecule has 0 amide bonds. The summed E-state index contributed by atoms with van der Waals surface area (Å²) in [6.07, 6.45) is 1.14. The van der Waals surface area contributed by atoms with Crippen molar-refractivity contribution in [2.24, 2.45) is 5.41 Å². The summed E-state index contributed by atoms with van der Waals surface area (Å²) in [7, 11) is 0. The number of nitrogens with zero attached hydrogens (tertiary/aromatic N) is 2. The first kappa shape index (κ1) is 28.5. The molecule has 3 aromatic rings. The number of pyridine rings is 1. The number of aliphatic carboxylic acids is 1. The minimum Gasteiger partial charge on any atom is -0.490 e. The van der Waals surface area contributed by atoms with Gasteiger partial charge in [0.1, 0.15) is 5.82 Å². The summed E-state index contributed by atoms with van der Waals surface area (Å²) in [4.78, 5) is 18.6. The number of aromatic nitrogens is 1. The van der Waals surface area contributed by atoms with Crippen molar-refractivity contribution in [3.05, 3.63) is 76.6 Å². The lowest BCUT2D eigenvalue weighted by Gasteiger charge is -2.40. The van der Waals surface area contributed by atoms with Gasteiger partial charge in [-0.1, -0.05) is 32.0 Å². The van der Waals surface area contributed by atoms with Crippen LogP contribution in [-0.2, 0) is 17.6 Å². The summed E-state index contributed by atoms with van der Waals surface area (Å²) in [6, 6.07) is 10.7. The van der Waals surface area contributed by atoms with Crippen LogP contribution in [0.5, 0.6) is 5.75 Å². The van der Waals surface area contributed by atoms with Crippen molar-refractivity contribution in [3.8, 4) is 16.9 Å². The smallest absolute Gasteiger partial charge is 0.307 e. The third-order valence-corrected chi connectivity index (χ3v) is 7.44. The van der Waals surface area contributed by atoms with E-state index in [0.717, 1.165) is 18.4 Å². The summed E-state index contributed by atoms with van der Waals surface area (Å²) in [5.41, 5.74) is 4.27. The average Bonchev–Trinajstić information content (AvgIpc) is 2.87. The second kappa shape index (κ2) is 11.7. The number of carboxylic acid groups (broad SMARTS) is 1.